The van der Waals surface area contributed by atoms with Gasteiger partial charge in [0.05, 0.1) is 15.5 Å². The van der Waals surface area contributed by atoms with E-state index in [4.69, 9.17) is 17.0 Å². The lowest BCUT2D eigenvalue weighted by atomic mass is 10.2. The minimum Gasteiger partial charge on any atom is -0.327 e. The minimum absolute atomic E-state index is 0.0732. The normalized spacial score (nSPS) is 11.4. The second kappa shape index (κ2) is 6.06. The minimum atomic E-state index is -3.23. The second-order valence-electron chi connectivity index (χ2n) is 5.02. The Morgan fingerprint density at radius 2 is 1.86 bits per heavy atom. The zero-order valence-electron chi connectivity index (χ0n) is 12.1. The van der Waals surface area contributed by atoms with Crippen molar-refractivity contribution in [2.75, 3.05) is 6.26 Å². The highest BCUT2D eigenvalue weighted by Gasteiger charge is 2.09. The van der Waals surface area contributed by atoms with Gasteiger partial charge in [0.2, 0.25) is 0 Å². The van der Waals surface area contributed by atoms with Crippen molar-refractivity contribution in [2.45, 2.75) is 18.4 Å². The van der Waals surface area contributed by atoms with E-state index in [-0.39, 0.29) is 21.7 Å². The van der Waals surface area contributed by atoms with Gasteiger partial charge < -0.3 is 4.57 Å². The maximum absolute atomic E-state index is 11.5. The number of pyridine rings is 1. The molecular weight excluding hydrogens is 324 g/mol. The molecule has 0 saturated carbocycles. The van der Waals surface area contributed by atoms with Crippen LogP contribution >= 0.6 is 11.6 Å². The summed E-state index contributed by atoms with van der Waals surface area (Å²) < 4.78 is 24.4. The predicted octanol–water partition coefficient (Wildman–Crippen LogP) is 2.28. The molecule has 1 N–H and O–H groups in total. The molecule has 5 nitrogen and oxygen atoms in total. The molecule has 1 heterocycles. The van der Waals surface area contributed by atoms with Crippen molar-refractivity contribution in [2.24, 2.45) is 0 Å². The molecule has 22 heavy (non-hydrogen) atoms. The number of sulfone groups is 1. The molecule has 0 aliphatic carbocycles. The highest BCUT2D eigenvalue weighted by Crippen LogP contribution is 2.13. The Hall–Kier alpha value is -1.92. The number of halogens is 1. The summed E-state index contributed by atoms with van der Waals surface area (Å²) in [7, 11) is -3.23. The first kappa shape index (κ1) is 16.5. The standard InChI is InChI=1S/C15H15ClN2O3S/c1-10(19)14-7-12(16)9-18(15(14)17)8-11-3-5-13(6-4-11)22(2,20)21/h3-7,9,17H,8H2,1-2H3. The molecule has 0 aliphatic heterocycles. The van der Waals surface area contributed by atoms with E-state index in [1.807, 2.05) is 0 Å². The van der Waals surface area contributed by atoms with Gasteiger partial charge in [-0.3, -0.25) is 10.2 Å². The maximum Gasteiger partial charge on any atom is 0.175 e. The number of ketones is 1. The molecule has 1 aromatic carbocycles. The van der Waals surface area contributed by atoms with Gasteiger partial charge in [-0.1, -0.05) is 23.7 Å². The van der Waals surface area contributed by atoms with E-state index in [0.29, 0.717) is 11.6 Å². The highest BCUT2D eigenvalue weighted by molar-refractivity contribution is 7.90. The number of hydrogen-bond donors (Lipinski definition) is 1. The van der Waals surface area contributed by atoms with Gasteiger partial charge in [-0.15, -0.1) is 0 Å². The third-order valence-electron chi connectivity index (χ3n) is 3.19. The molecule has 0 spiro atoms. The summed E-state index contributed by atoms with van der Waals surface area (Å²) in [6.45, 7) is 1.71. The van der Waals surface area contributed by atoms with Crippen molar-refractivity contribution in [3.8, 4) is 0 Å². The molecule has 0 saturated heterocycles. The Labute approximate surface area is 133 Å². The van der Waals surface area contributed by atoms with Crippen LogP contribution in [0.25, 0.3) is 0 Å². The number of carbonyl (C=O) groups excluding carboxylic acids is 1. The van der Waals surface area contributed by atoms with Crippen LogP contribution in [0.2, 0.25) is 5.02 Å². The first-order valence-electron chi connectivity index (χ1n) is 6.43. The fraction of sp³-hybridized carbons (Fsp3) is 0.200. The molecule has 0 aliphatic rings. The molecule has 0 bridgehead atoms. The summed E-state index contributed by atoms with van der Waals surface area (Å²) in [5.41, 5.74) is 1.13. The quantitative estimate of drug-likeness (QED) is 0.868. The Kier molecular flexibility index (Phi) is 4.53. The van der Waals surface area contributed by atoms with Crippen molar-refractivity contribution >= 4 is 27.2 Å². The average Bonchev–Trinajstić information content (AvgIpc) is 2.41. The lowest BCUT2D eigenvalue weighted by Crippen LogP contribution is -2.25. The monoisotopic (exact) mass is 338 g/mol. The molecule has 116 valence electrons. The lowest BCUT2D eigenvalue weighted by molar-refractivity contribution is 0.101. The number of rotatable bonds is 4. The van der Waals surface area contributed by atoms with E-state index in [1.165, 1.54) is 25.1 Å². The lowest BCUT2D eigenvalue weighted by Gasteiger charge is -2.10. The van der Waals surface area contributed by atoms with Crippen LogP contribution in [0.5, 0.6) is 0 Å². The molecule has 1 aromatic heterocycles. The first-order valence-corrected chi connectivity index (χ1v) is 8.70. The van der Waals surface area contributed by atoms with Crippen molar-refractivity contribution in [1.82, 2.24) is 4.57 Å². The SMILES string of the molecule is CC(=O)c1cc(Cl)cn(Cc2ccc(S(C)(=O)=O)cc2)c1=N. The molecule has 0 amide bonds. The molecule has 0 atom stereocenters. The third-order valence-corrected chi connectivity index (χ3v) is 4.52. The molecule has 0 radical (unpaired) electrons. The second-order valence-corrected chi connectivity index (χ2v) is 7.47. The summed E-state index contributed by atoms with van der Waals surface area (Å²) >= 11 is 5.98. The van der Waals surface area contributed by atoms with Crippen molar-refractivity contribution in [1.29, 1.82) is 5.41 Å². The van der Waals surface area contributed by atoms with Crippen LogP contribution in [0.4, 0.5) is 0 Å². The van der Waals surface area contributed by atoms with Crippen LogP contribution in [-0.4, -0.2) is 25.0 Å². The summed E-state index contributed by atoms with van der Waals surface area (Å²) in [4.78, 5) is 11.8. The number of aromatic nitrogens is 1. The van der Waals surface area contributed by atoms with Crippen LogP contribution < -0.4 is 5.49 Å². The summed E-state index contributed by atoms with van der Waals surface area (Å²) in [6, 6.07) is 7.86. The van der Waals surface area contributed by atoms with E-state index < -0.39 is 9.84 Å². The van der Waals surface area contributed by atoms with Gasteiger partial charge in [-0.25, -0.2) is 8.42 Å². The highest BCUT2D eigenvalue weighted by atomic mass is 35.5. The number of carbonyl (C=O) groups is 1. The van der Waals surface area contributed by atoms with Gasteiger partial charge in [0.1, 0.15) is 5.49 Å². The van der Waals surface area contributed by atoms with Gasteiger partial charge >= 0.3 is 0 Å². The first-order chi connectivity index (χ1) is 10.2. The number of nitrogens with one attached hydrogen (secondary N) is 1. The van der Waals surface area contributed by atoms with Crippen molar-refractivity contribution in [3.05, 3.63) is 58.2 Å². The average molecular weight is 339 g/mol. The topological polar surface area (TPSA) is 80.0 Å². The number of Topliss-reactive ketones (excluding diaryl/α,β-unsaturated/α-hetero) is 1. The smallest absolute Gasteiger partial charge is 0.175 e. The summed E-state index contributed by atoms with van der Waals surface area (Å²) in [5.74, 6) is -0.228. The fourth-order valence-electron chi connectivity index (χ4n) is 2.04. The van der Waals surface area contributed by atoms with Gasteiger partial charge in [0.15, 0.2) is 15.6 Å². The van der Waals surface area contributed by atoms with E-state index >= 15 is 0 Å². The number of hydrogen-bond acceptors (Lipinski definition) is 4. The molecule has 2 rings (SSSR count). The number of benzene rings is 1. The van der Waals surface area contributed by atoms with Crippen LogP contribution in [-0.2, 0) is 16.4 Å². The van der Waals surface area contributed by atoms with E-state index in [1.54, 1.807) is 22.9 Å². The van der Waals surface area contributed by atoms with E-state index in [9.17, 15) is 13.2 Å². The fourth-order valence-corrected chi connectivity index (χ4v) is 2.90. The molecule has 0 fully saturated rings. The number of nitrogens with zero attached hydrogens (tertiary/aromatic N) is 1. The van der Waals surface area contributed by atoms with Crippen LogP contribution in [0.1, 0.15) is 22.8 Å². The third kappa shape index (κ3) is 3.64. The molecular formula is C15H15ClN2O3S. The zero-order valence-corrected chi connectivity index (χ0v) is 13.7. The Balaban J connectivity index is 2.39. The van der Waals surface area contributed by atoms with Crippen molar-refractivity contribution < 1.29 is 13.2 Å². The molecule has 2 aromatic rings. The predicted molar refractivity (Wildman–Crippen MR) is 84.0 cm³/mol. The van der Waals surface area contributed by atoms with Crippen LogP contribution in [0, 0.1) is 5.41 Å². The van der Waals surface area contributed by atoms with Crippen LogP contribution in [0.3, 0.4) is 0 Å². The maximum atomic E-state index is 11.5. The zero-order chi connectivity index (χ0) is 16.5. The van der Waals surface area contributed by atoms with Gasteiger partial charge in [0.25, 0.3) is 0 Å². The molecule has 7 heteroatoms. The molecule has 0 unspecified atom stereocenters. The Morgan fingerprint density at radius 1 is 1.27 bits per heavy atom. The summed E-state index contributed by atoms with van der Waals surface area (Å²) in [5, 5.41) is 8.42. The largest absolute Gasteiger partial charge is 0.327 e. The van der Waals surface area contributed by atoms with Gasteiger partial charge in [-0.2, -0.15) is 0 Å². The van der Waals surface area contributed by atoms with Crippen LogP contribution in [0.15, 0.2) is 41.4 Å². The van der Waals surface area contributed by atoms with Crippen molar-refractivity contribution in [3.63, 3.8) is 0 Å². The van der Waals surface area contributed by atoms with Gasteiger partial charge in [-0.05, 0) is 30.7 Å². The van der Waals surface area contributed by atoms with E-state index in [0.717, 1.165) is 11.8 Å². The Morgan fingerprint density at radius 3 is 2.36 bits per heavy atom. The van der Waals surface area contributed by atoms with Gasteiger partial charge in [0, 0.05) is 19.0 Å². The van der Waals surface area contributed by atoms with E-state index in [2.05, 4.69) is 0 Å². The Bertz CT molecular complexity index is 884. The summed E-state index contributed by atoms with van der Waals surface area (Å²) in [6.07, 6.45) is 2.72.